The first-order valence-electron chi connectivity index (χ1n) is 6.82. The molecule has 0 saturated carbocycles. The van der Waals surface area contributed by atoms with E-state index in [1.165, 1.54) is 16.7 Å². The molecule has 0 saturated heterocycles. The zero-order valence-electron chi connectivity index (χ0n) is 12.3. The van der Waals surface area contributed by atoms with Crippen molar-refractivity contribution >= 4 is 23.2 Å². The lowest BCUT2D eigenvalue weighted by molar-refractivity contribution is -0.125. The van der Waals surface area contributed by atoms with Gasteiger partial charge < -0.3 is 5.73 Å². The summed E-state index contributed by atoms with van der Waals surface area (Å²) in [6.45, 7) is 6.16. The van der Waals surface area contributed by atoms with Crippen molar-refractivity contribution in [3.8, 4) is 0 Å². The van der Waals surface area contributed by atoms with E-state index >= 15 is 0 Å². The highest BCUT2D eigenvalue weighted by Gasteiger charge is 2.12. The minimum absolute atomic E-state index is 0.0684. The molecule has 1 aromatic rings. The Hall–Kier alpha value is -1.62. The van der Waals surface area contributed by atoms with Crippen molar-refractivity contribution in [3.05, 3.63) is 34.9 Å². The molecule has 1 rings (SSSR count). The number of nitrogens with two attached hydrogens (primary N) is 1. The Bertz CT molecular complexity index is 468. The molecule has 1 atom stereocenters. The molecule has 0 fully saturated rings. The molecule has 5 heteroatoms. The average molecular weight is 293 g/mol. The summed E-state index contributed by atoms with van der Waals surface area (Å²) in [5.41, 5.74) is 14.2. The fraction of sp³-hybridized carbons (Fsp3) is 0.467. The Labute approximate surface area is 126 Å². The molecule has 0 heterocycles. The number of thiocarbonyl (C=S) groups is 1. The number of rotatable bonds is 5. The fourth-order valence-corrected chi connectivity index (χ4v) is 2.26. The quantitative estimate of drug-likeness (QED) is 0.575. The Kier molecular flexibility index (Phi) is 6.45. The Morgan fingerprint density at radius 3 is 2.45 bits per heavy atom. The molecule has 0 aromatic heterocycles. The first-order valence-corrected chi connectivity index (χ1v) is 7.23. The van der Waals surface area contributed by atoms with Gasteiger partial charge in [0.1, 0.15) is 0 Å². The third-order valence-electron chi connectivity index (χ3n) is 3.46. The van der Waals surface area contributed by atoms with Crippen LogP contribution in [0.3, 0.4) is 0 Å². The standard InChI is InChI=1S/C15H23N3OS/c1-10-6-4-7-11(2)13(10)9-5-8-12(3)14(19)17-18-15(16)20/h4,6-7,12H,5,8-9H2,1-3H3,(H,17,19)(H3,16,18,20). The largest absolute Gasteiger partial charge is 0.375 e. The van der Waals surface area contributed by atoms with E-state index < -0.39 is 0 Å². The maximum absolute atomic E-state index is 11.7. The molecule has 1 aromatic carbocycles. The van der Waals surface area contributed by atoms with Gasteiger partial charge in [-0.1, -0.05) is 25.1 Å². The van der Waals surface area contributed by atoms with E-state index in [-0.39, 0.29) is 16.9 Å². The Morgan fingerprint density at radius 2 is 1.90 bits per heavy atom. The predicted molar refractivity (Wildman–Crippen MR) is 86.1 cm³/mol. The molecule has 1 amide bonds. The topological polar surface area (TPSA) is 67.2 Å². The van der Waals surface area contributed by atoms with Gasteiger partial charge in [0.05, 0.1) is 0 Å². The predicted octanol–water partition coefficient (Wildman–Crippen LogP) is 2.13. The van der Waals surface area contributed by atoms with Crippen LogP contribution in [-0.2, 0) is 11.2 Å². The Morgan fingerprint density at radius 1 is 1.30 bits per heavy atom. The van der Waals surface area contributed by atoms with E-state index in [0.29, 0.717) is 0 Å². The van der Waals surface area contributed by atoms with Gasteiger partial charge in [-0.15, -0.1) is 0 Å². The van der Waals surface area contributed by atoms with Gasteiger partial charge in [-0.25, -0.2) is 0 Å². The molecule has 0 aliphatic heterocycles. The molecule has 110 valence electrons. The molecular weight excluding hydrogens is 270 g/mol. The van der Waals surface area contributed by atoms with E-state index in [1.807, 2.05) is 6.92 Å². The maximum atomic E-state index is 11.7. The van der Waals surface area contributed by atoms with Gasteiger partial charge in [0.2, 0.25) is 5.91 Å². The van der Waals surface area contributed by atoms with Crippen LogP contribution in [0.2, 0.25) is 0 Å². The number of hydrogen-bond donors (Lipinski definition) is 3. The van der Waals surface area contributed by atoms with E-state index in [1.54, 1.807) is 0 Å². The van der Waals surface area contributed by atoms with Crippen LogP contribution >= 0.6 is 12.2 Å². The lowest BCUT2D eigenvalue weighted by Gasteiger charge is -2.14. The van der Waals surface area contributed by atoms with Crippen molar-refractivity contribution in [3.63, 3.8) is 0 Å². The average Bonchev–Trinajstić information content (AvgIpc) is 2.39. The van der Waals surface area contributed by atoms with Crippen LogP contribution in [-0.4, -0.2) is 11.0 Å². The van der Waals surface area contributed by atoms with Gasteiger partial charge in [0.25, 0.3) is 0 Å². The molecular formula is C15H23N3OS. The van der Waals surface area contributed by atoms with Crippen molar-refractivity contribution < 1.29 is 4.79 Å². The number of carbonyl (C=O) groups is 1. The van der Waals surface area contributed by atoms with Gasteiger partial charge in [-0.05, 0) is 62.0 Å². The lowest BCUT2D eigenvalue weighted by Crippen LogP contribution is -2.46. The third kappa shape index (κ3) is 5.17. The summed E-state index contributed by atoms with van der Waals surface area (Å²) in [5, 5.41) is 0.0704. The first-order chi connectivity index (χ1) is 9.41. The zero-order chi connectivity index (χ0) is 15.1. The van der Waals surface area contributed by atoms with Crippen LogP contribution in [0.1, 0.15) is 36.5 Å². The molecule has 0 bridgehead atoms. The van der Waals surface area contributed by atoms with Crippen LogP contribution in [0.15, 0.2) is 18.2 Å². The summed E-state index contributed by atoms with van der Waals surface area (Å²) < 4.78 is 0. The van der Waals surface area contributed by atoms with Gasteiger partial charge in [0.15, 0.2) is 5.11 Å². The second-order valence-electron chi connectivity index (χ2n) is 5.14. The minimum Gasteiger partial charge on any atom is -0.375 e. The first kappa shape index (κ1) is 16.4. The van der Waals surface area contributed by atoms with Crippen molar-refractivity contribution in [2.75, 3.05) is 0 Å². The summed E-state index contributed by atoms with van der Waals surface area (Å²) in [7, 11) is 0. The van der Waals surface area contributed by atoms with E-state index in [2.05, 4.69) is 55.1 Å². The summed E-state index contributed by atoms with van der Waals surface area (Å²) in [6.07, 6.45) is 2.81. The van der Waals surface area contributed by atoms with Crippen LogP contribution < -0.4 is 16.6 Å². The number of aryl methyl sites for hydroxylation is 2. The molecule has 1 unspecified atom stereocenters. The molecule has 0 spiro atoms. The summed E-state index contributed by atoms with van der Waals surface area (Å²) in [6, 6.07) is 6.33. The van der Waals surface area contributed by atoms with Crippen LogP contribution in [0, 0.1) is 19.8 Å². The third-order valence-corrected chi connectivity index (χ3v) is 3.57. The molecule has 4 N–H and O–H groups in total. The summed E-state index contributed by atoms with van der Waals surface area (Å²) in [4.78, 5) is 11.7. The number of nitrogens with one attached hydrogen (secondary N) is 2. The Balaban J connectivity index is 2.40. The summed E-state index contributed by atoms with van der Waals surface area (Å²) in [5.74, 6) is -0.152. The summed E-state index contributed by atoms with van der Waals surface area (Å²) >= 11 is 4.63. The number of hydrazine groups is 1. The highest BCUT2D eigenvalue weighted by Crippen LogP contribution is 2.17. The second-order valence-corrected chi connectivity index (χ2v) is 5.58. The van der Waals surface area contributed by atoms with E-state index in [4.69, 9.17) is 5.73 Å². The molecule has 0 aliphatic rings. The second kappa shape index (κ2) is 7.85. The SMILES string of the molecule is Cc1cccc(C)c1CCCC(C)C(=O)NNC(N)=S. The number of carbonyl (C=O) groups excluding carboxylic acids is 1. The van der Waals surface area contributed by atoms with Crippen LogP contribution in [0.4, 0.5) is 0 Å². The number of benzene rings is 1. The molecule has 0 radical (unpaired) electrons. The van der Waals surface area contributed by atoms with E-state index in [9.17, 15) is 4.79 Å². The smallest absolute Gasteiger partial charge is 0.241 e. The molecule has 0 aliphatic carbocycles. The van der Waals surface area contributed by atoms with Crippen molar-refractivity contribution in [1.29, 1.82) is 0 Å². The lowest BCUT2D eigenvalue weighted by atomic mass is 9.95. The maximum Gasteiger partial charge on any atom is 0.241 e. The molecule has 4 nitrogen and oxygen atoms in total. The zero-order valence-corrected chi connectivity index (χ0v) is 13.1. The van der Waals surface area contributed by atoms with Gasteiger partial charge >= 0.3 is 0 Å². The normalized spacial score (nSPS) is 11.8. The van der Waals surface area contributed by atoms with Crippen molar-refractivity contribution in [2.24, 2.45) is 11.7 Å². The van der Waals surface area contributed by atoms with Crippen molar-refractivity contribution in [2.45, 2.75) is 40.0 Å². The van der Waals surface area contributed by atoms with Gasteiger partial charge in [0, 0.05) is 5.92 Å². The van der Waals surface area contributed by atoms with Crippen LogP contribution in [0.25, 0.3) is 0 Å². The highest BCUT2D eigenvalue weighted by molar-refractivity contribution is 7.80. The highest BCUT2D eigenvalue weighted by atomic mass is 32.1. The van der Waals surface area contributed by atoms with Gasteiger partial charge in [-0.2, -0.15) is 0 Å². The minimum atomic E-state index is -0.0840. The number of hydrogen-bond acceptors (Lipinski definition) is 2. The van der Waals surface area contributed by atoms with Gasteiger partial charge in [-0.3, -0.25) is 15.6 Å². The number of amides is 1. The van der Waals surface area contributed by atoms with Crippen molar-refractivity contribution in [1.82, 2.24) is 10.9 Å². The van der Waals surface area contributed by atoms with E-state index in [0.717, 1.165) is 19.3 Å². The fourth-order valence-electron chi connectivity index (χ4n) is 2.21. The molecule has 20 heavy (non-hydrogen) atoms. The monoisotopic (exact) mass is 293 g/mol. The van der Waals surface area contributed by atoms with Crippen LogP contribution in [0.5, 0.6) is 0 Å².